The largest absolute Gasteiger partial charge is 0.399 e. The second-order valence-corrected chi connectivity index (χ2v) is 6.83. The fourth-order valence-corrected chi connectivity index (χ4v) is 3.14. The lowest BCUT2D eigenvalue weighted by Crippen LogP contribution is -2.25. The van der Waals surface area contributed by atoms with Crippen LogP contribution in [0.2, 0.25) is 0 Å². The molecule has 0 saturated heterocycles. The van der Waals surface area contributed by atoms with E-state index in [4.69, 9.17) is 5.73 Å². The van der Waals surface area contributed by atoms with E-state index in [0.717, 1.165) is 6.42 Å². The summed E-state index contributed by atoms with van der Waals surface area (Å²) in [7, 11) is -3.46. The van der Waals surface area contributed by atoms with Crippen LogP contribution in [-0.2, 0) is 10.0 Å². The maximum atomic E-state index is 12.1. The van der Waals surface area contributed by atoms with Gasteiger partial charge in [0.25, 0.3) is 0 Å². The van der Waals surface area contributed by atoms with E-state index in [9.17, 15) is 8.42 Å². The number of sulfonamides is 1. The topological polar surface area (TPSA) is 72.2 Å². The molecule has 2 aromatic carbocycles. The molecule has 0 aliphatic heterocycles. The van der Waals surface area contributed by atoms with Crippen molar-refractivity contribution in [1.29, 1.82) is 0 Å². The first-order valence-corrected chi connectivity index (χ1v) is 8.37. The van der Waals surface area contributed by atoms with Gasteiger partial charge >= 0.3 is 0 Å². The van der Waals surface area contributed by atoms with Gasteiger partial charge in [0.2, 0.25) is 10.0 Å². The van der Waals surface area contributed by atoms with Crippen LogP contribution in [0, 0.1) is 0 Å². The summed E-state index contributed by atoms with van der Waals surface area (Å²) >= 11 is 0. The maximum Gasteiger partial charge on any atom is 0.240 e. The average Bonchev–Trinajstić information content (AvgIpc) is 2.48. The van der Waals surface area contributed by atoms with Crippen molar-refractivity contribution in [1.82, 2.24) is 4.72 Å². The maximum absolute atomic E-state index is 12.1. The normalized spacial score (nSPS) is 13.0. The molecule has 112 valence electrons. The van der Waals surface area contributed by atoms with Crippen LogP contribution in [0.3, 0.4) is 0 Å². The van der Waals surface area contributed by atoms with Gasteiger partial charge in [-0.05, 0) is 42.2 Å². The van der Waals surface area contributed by atoms with Crippen molar-refractivity contribution >= 4 is 15.7 Å². The summed E-state index contributed by atoms with van der Waals surface area (Å²) in [5, 5.41) is 0. The van der Waals surface area contributed by atoms with Crippen LogP contribution in [0.1, 0.15) is 24.8 Å². The quantitative estimate of drug-likeness (QED) is 0.806. The van der Waals surface area contributed by atoms with Crippen LogP contribution >= 0.6 is 0 Å². The highest BCUT2D eigenvalue weighted by Crippen LogP contribution is 2.18. The highest BCUT2D eigenvalue weighted by molar-refractivity contribution is 7.89. The zero-order valence-electron chi connectivity index (χ0n) is 12.0. The predicted octanol–water partition coefficient (Wildman–Crippen LogP) is 2.74. The van der Waals surface area contributed by atoms with Crippen molar-refractivity contribution in [3.8, 4) is 0 Å². The Balaban J connectivity index is 1.92. The summed E-state index contributed by atoms with van der Waals surface area (Å²) < 4.78 is 26.8. The molecule has 2 rings (SSSR count). The van der Waals surface area contributed by atoms with Crippen LogP contribution in [0.25, 0.3) is 0 Å². The van der Waals surface area contributed by atoms with E-state index in [0.29, 0.717) is 18.2 Å². The molecule has 3 N–H and O–H groups in total. The molecule has 1 atom stereocenters. The number of nitrogens with one attached hydrogen (secondary N) is 1. The minimum Gasteiger partial charge on any atom is -0.399 e. The van der Waals surface area contributed by atoms with Crippen LogP contribution < -0.4 is 10.5 Å². The van der Waals surface area contributed by atoms with Gasteiger partial charge in [-0.1, -0.05) is 37.3 Å². The Morgan fingerprint density at radius 1 is 1.05 bits per heavy atom. The van der Waals surface area contributed by atoms with Crippen molar-refractivity contribution in [3.05, 3.63) is 60.2 Å². The molecule has 0 aliphatic rings. The average molecular weight is 304 g/mol. The Kier molecular flexibility index (Phi) is 4.98. The SMILES string of the molecule is CC(CCNS(=O)(=O)c1ccc(N)cc1)c1ccccc1. The molecule has 0 amide bonds. The van der Waals surface area contributed by atoms with Crippen molar-refractivity contribution in [2.45, 2.75) is 24.2 Å². The van der Waals surface area contributed by atoms with Crippen molar-refractivity contribution in [2.75, 3.05) is 12.3 Å². The van der Waals surface area contributed by atoms with E-state index < -0.39 is 10.0 Å². The number of benzene rings is 2. The molecule has 0 fully saturated rings. The molecule has 2 aromatic rings. The highest BCUT2D eigenvalue weighted by atomic mass is 32.2. The Labute approximate surface area is 126 Å². The molecular formula is C16H20N2O2S. The summed E-state index contributed by atoms with van der Waals surface area (Å²) in [6.07, 6.45) is 0.748. The molecule has 0 heterocycles. The summed E-state index contributed by atoms with van der Waals surface area (Å²) in [6, 6.07) is 16.3. The zero-order valence-corrected chi connectivity index (χ0v) is 12.8. The highest BCUT2D eigenvalue weighted by Gasteiger charge is 2.14. The lowest BCUT2D eigenvalue weighted by molar-refractivity contribution is 0.572. The molecule has 21 heavy (non-hydrogen) atoms. The first kappa shape index (κ1) is 15.5. The summed E-state index contributed by atoms with van der Waals surface area (Å²) in [5.74, 6) is 0.306. The lowest BCUT2D eigenvalue weighted by atomic mass is 9.98. The van der Waals surface area contributed by atoms with Gasteiger partial charge in [0.1, 0.15) is 0 Å². The van der Waals surface area contributed by atoms with Crippen LogP contribution in [0.5, 0.6) is 0 Å². The molecule has 4 nitrogen and oxygen atoms in total. The van der Waals surface area contributed by atoms with Gasteiger partial charge in [-0.15, -0.1) is 0 Å². The van der Waals surface area contributed by atoms with E-state index >= 15 is 0 Å². The summed E-state index contributed by atoms with van der Waals surface area (Å²) in [6.45, 7) is 2.50. The zero-order chi connectivity index (χ0) is 15.3. The fourth-order valence-electron chi connectivity index (χ4n) is 2.09. The number of nitrogen functional groups attached to an aromatic ring is 1. The minimum atomic E-state index is -3.46. The lowest BCUT2D eigenvalue weighted by Gasteiger charge is -2.12. The Bertz CT molecular complexity index is 667. The van der Waals surface area contributed by atoms with Gasteiger partial charge in [-0.25, -0.2) is 13.1 Å². The summed E-state index contributed by atoms with van der Waals surface area (Å²) in [4.78, 5) is 0.240. The minimum absolute atomic E-state index is 0.240. The third kappa shape index (κ3) is 4.31. The standard InChI is InChI=1S/C16H20N2O2S/c1-13(14-5-3-2-4-6-14)11-12-18-21(19,20)16-9-7-15(17)8-10-16/h2-10,13,18H,11-12,17H2,1H3. The van der Waals surface area contributed by atoms with Gasteiger partial charge in [-0.2, -0.15) is 0 Å². The third-order valence-corrected chi connectivity index (χ3v) is 4.91. The first-order valence-electron chi connectivity index (χ1n) is 6.89. The van der Waals surface area contributed by atoms with Crippen LogP contribution in [-0.4, -0.2) is 15.0 Å². The van der Waals surface area contributed by atoms with Gasteiger partial charge in [0.05, 0.1) is 4.90 Å². The predicted molar refractivity (Wildman–Crippen MR) is 85.5 cm³/mol. The van der Waals surface area contributed by atoms with E-state index in [2.05, 4.69) is 23.8 Å². The Hall–Kier alpha value is -1.85. The van der Waals surface area contributed by atoms with Crippen LogP contribution in [0.4, 0.5) is 5.69 Å². The number of hydrogen-bond acceptors (Lipinski definition) is 3. The second-order valence-electron chi connectivity index (χ2n) is 5.07. The number of nitrogens with two attached hydrogens (primary N) is 1. The van der Waals surface area contributed by atoms with Crippen molar-refractivity contribution in [3.63, 3.8) is 0 Å². The second kappa shape index (κ2) is 6.74. The fraction of sp³-hybridized carbons (Fsp3) is 0.250. The Morgan fingerprint density at radius 2 is 1.67 bits per heavy atom. The number of hydrogen-bond donors (Lipinski definition) is 2. The van der Waals surface area contributed by atoms with E-state index in [1.807, 2.05) is 18.2 Å². The van der Waals surface area contributed by atoms with E-state index in [-0.39, 0.29) is 4.90 Å². The molecule has 0 spiro atoms. The first-order chi connectivity index (χ1) is 9.99. The third-order valence-electron chi connectivity index (χ3n) is 3.43. The van der Waals surface area contributed by atoms with E-state index in [1.54, 1.807) is 12.1 Å². The Morgan fingerprint density at radius 3 is 2.29 bits per heavy atom. The van der Waals surface area contributed by atoms with Gasteiger partial charge in [0, 0.05) is 12.2 Å². The smallest absolute Gasteiger partial charge is 0.240 e. The molecule has 0 saturated carbocycles. The molecule has 0 aliphatic carbocycles. The monoisotopic (exact) mass is 304 g/mol. The number of rotatable bonds is 6. The van der Waals surface area contributed by atoms with Crippen LogP contribution in [0.15, 0.2) is 59.5 Å². The van der Waals surface area contributed by atoms with Gasteiger partial charge in [0.15, 0.2) is 0 Å². The molecule has 1 unspecified atom stereocenters. The summed E-state index contributed by atoms with van der Waals surface area (Å²) in [5.41, 5.74) is 7.32. The van der Waals surface area contributed by atoms with E-state index in [1.165, 1.54) is 17.7 Å². The molecule has 0 bridgehead atoms. The van der Waals surface area contributed by atoms with Gasteiger partial charge in [-0.3, -0.25) is 0 Å². The van der Waals surface area contributed by atoms with Crippen molar-refractivity contribution in [2.24, 2.45) is 0 Å². The number of anilines is 1. The van der Waals surface area contributed by atoms with Crippen molar-refractivity contribution < 1.29 is 8.42 Å². The molecule has 0 radical (unpaired) electrons. The molecular weight excluding hydrogens is 284 g/mol. The molecule has 5 heteroatoms. The van der Waals surface area contributed by atoms with Gasteiger partial charge < -0.3 is 5.73 Å². The molecule has 0 aromatic heterocycles.